The van der Waals surface area contributed by atoms with Crippen molar-refractivity contribution >= 4 is 29.5 Å². The van der Waals surface area contributed by atoms with Crippen molar-refractivity contribution in [1.82, 2.24) is 0 Å². The minimum absolute atomic E-state index is 0.499. The van der Waals surface area contributed by atoms with Crippen LogP contribution in [0.25, 0.3) is 0 Å². The van der Waals surface area contributed by atoms with Gasteiger partial charge in [0.2, 0.25) is 5.24 Å². The quantitative estimate of drug-likeness (QED) is 0.664. The summed E-state index contributed by atoms with van der Waals surface area (Å²) in [6.45, 7) is 2.00. The van der Waals surface area contributed by atoms with Crippen LogP contribution >= 0.6 is 24.2 Å². The third-order valence-electron chi connectivity index (χ3n) is 2.95. The first-order chi connectivity index (χ1) is 8.55. The van der Waals surface area contributed by atoms with Gasteiger partial charge in [0.25, 0.3) is 0 Å². The van der Waals surface area contributed by atoms with Crippen LogP contribution in [0, 0.1) is 6.92 Å². The van der Waals surface area contributed by atoms with E-state index in [1.165, 1.54) is 0 Å². The van der Waals surface area contributed by atoms with Gasteiger partial charge in [-0.05, 0) is 29.7 Å². The average Bonchev–Trinajstić information content (AvgIpc) is 2.39. The fraction of sp³-hybridized carbons (Fsp3) is 0.133. The van der Waals surface area contributed by atoms with E-state index in [1.807, 2.05) is 61.5 Å². The van der Waals surface area contributed by atoms with Crippen molar-refractivity contribution in [2.24, 2.45) is 0 Å². The Hall–Kier alpha value is -1.25. The predicted octanol–water partition coefficient (Wildman–Crippen LogP) is 3.93. The van der Waals surface area contributed by atoms with Crippen molar-refractivity contribution < 1.29 is 4.79 Å². The third kappa shape index (κ3) is 2.31. The van der Waals surface area contributed by atoms with Gasteiger partial charge in [-0.2, -0.15) is 12.6 Å². The Morgan fingerprint density at radius 1 is 1.00 bits per heavy atom. The molecule has 1 unspecified atom stereocenters. The molecule has 2 aromatic carbocycles. The van der Waals surface area contributed by atoms with E-state index in [0.717, 1.165) is 16.7 Å². The highest BCUT2D eigenvalue weighted by molar-refractivity contribution is 7.82. The molecule has 0 aliphatic rings. The van der Waals surface area contributed by atoms with Crippen LogP contribution in [0.15, 0.2) is 54.6 Å². The van der Waals surface area contributed by atoms with Gasteiger partial charge >= 0.3 is 0 Å². The summed E-state index contributed by atoms with van der Waals surface area (Å²) in [5.41, 5.74) is 2.68. The Balaban J connectivity index is 2.58. The molecule has 1 nitrogen and oxygen atoms in total. The monoisotopic (exact) mass is 276 g/mol. The van der Waals surface area contributed by atoms with Crippen molar-refractivity contribution in [3.63, 3.8) is 0 Å². The SMILES string of the molecule is Cc1ccc(C(S)(C(=O)Cl)c2ccccc2)cc1. The molecule has 0 aliphatic carbocycles. The van der Waals surface area contributed by atoms with Gasteiger partial charge in [-0.25, -0.2) is 0 Å². The maximum atomic E-state index is 11.8. The largest absolute Gasteiger partial charge is 0.279 e. The minimum Gasteiger partial charge on any atom is -0.279 e. The fourth-order valence-electron chi connectivity index (χ4n) is 1.87. The van der Waals surface area contributed by atoms with E-state index in [-0.39, 0.29) is 0 Å². The summed E-state index contributed by atoms with van der Waals surface area (Å²) in [6.07, 6.45) is 0. The Bertz CT molecular complexity index is 550. The van der Waals surface area contributed by atoms with Crippen LogP contribution in [0.1, 0.15) is 16.7 Å². The molecule has 18 heavy (non-hydrogen) atoms. The molecule has 0 saturated carbocycles. The summed E-state index contributed by atoms with van der Waals surface area (Å²) >= 11 is 10.3. The van der Waals surface area contributed by atoms with Crippen LogP contribution < -0.4 is 0 Å². The lowest BCUT2D eigenvalue weighted by atomic mass is 9.91. The fourth-order valence-corrected chi connectivity index (χ4v) is 2.38. The number of thiol groups is 1. The zero-order valence-corrected chi connectivity index (χ0v) is 11.6. The molecular formula is C15H13ClOS. The lowest BCUT2D eigenvalue weighted by molar-refractivity contribution is -0.113. The van der Waals surface area contributed by atoms with Gasteiger partial charge in [0.05, 0.1) is 0 Å². The predicted molar refractivity (Wildman–Crippen MR) is 78.2 cm³/mol. The molecule has 0 amide bonds. The molecule has 0 radical (unpaired) electrons. The molecule has 0 heterocycles. The molecule has 0 spiro atoms. The number of hydrogen-bond donors (Lipinski definition) is 1. The second-order valence-corrected chi connectivity index (χ2v) is 5.23. The summed E-state index contributed by atoms with van der Waals surface area (Å²) in [5, 5.41) is -0.499. The van der Waals surface area contributed by atoms with E-state index in [0.29, 0.717) is 0 Å². The Morgan fingerprint density at radius 2 is 1.50 bits per heavy atom. The highest BCUT2D eigenvalue weighted by atomic mass is 35.5. The van der Waals surface area contributed by atoms with Gasteiger partial charge in [-0.3, -0.25) is 4.79 Å². The standard InChI is InChI=1S/C15H13ClOS/c1-11-7-9-13(10-8-11)15(18,14(16)17)12-5-3-2-4-6-12/h2-10,18H,1H3. The second kappa shape index (κ2) is 5.17. The van der Waals surface area contributed by atoms with E-state index in [1.54, 1.807) is 0 Å². The maximum absolute atomic E-state index is 11.8. The van der Waals surface area contributed by atoms with Crippen LogP contribution in [-0.4, -0.2) is 5.24 Å². The van der Waals surface area contributed by atoms with Crippen molar-refractivity contribution in [1.29, 1.82) is 0 Å². The molecule has 0 bridgehead atoms. The Labute approximate surface area is 117 Å². The summed E-state index contributed by atoms with van der Waals surface area (Å²) in [4.78, 5) is 11.8. The first kappa shape index (κ1) is 13.2. The van der Waals surface area contributed by atoms with Crippen LogP contribution in [0.3, 0.4) is 0 Å². The number of rotatable bonds is 3. The van der Waals surface area contributed by atoms with Gasteiger partial charge in [-0.15, -0.1) is 0 Å². The first-order valence-electron chi connectivity index (χ1n) is 5.60. The molecule has 1 atom stereocenters. The number of benzene rings is 2. The highest BCUT2D eigenvalue weighted by Crippen LogP contribution is 2.38. The van der Waals surface area contributed by atoms with Crippen LogP contribution in [0.5, 0.6) is 0 Å². The lowest BCUT2D eigenvalue weighted by Gasteiger charge is -2.25. The van der Waals surface area contributed by atoms with Gasteiger partial charge in [-0.1, -0.05) is 60.2 Å². The van der Waals surface area contributed by atoms with Crippen molar-refractivity contribution in [3.8, 4) is 0 Å². The van der Waals surface area contributed by atoms with Crippen molar-refractivity contribution in [3.05, 3.63) is 71.3 Å². The summed E-state index contributed by atoms with van der Waals surface area (Å²) in [6, 6.07) is 17.0. The number of halogens is 1. The number of aryl methyl sites for hydroxylation is 1. The van der Waals surface area contributed by atoms with E-state index >= 15 is 0 Å². The molecule has 0 fully saturated rings. The lowest BCUT2D eigenvalue weighted by Crippen LogP contribution is -2.27. The highest BCUT2D eigenvalue weighted by Gasteiger charge is 2.37. The zero-order valence-electron chi connectivity index (χ0n) is 9.93. The van der Waals surface area contributed by atoms with Gasteiger partial charge in [0.15, 0.2) is 0 Å². The summed E-state index contributed by atoms with van der Waals surface area (Å²) < 4.78 is -1.10. The van der Waals surface area contributed by atoms with Crippen LogP contribution in [-0.2, 0) is 9.54 Å². The topological polar surface area (TPSA) is 17.1 Å². The average molecular weight is 277 g/mol. The van der Waals surface area contributed by atoms with Crippen molar-refractivity contribution in [2.75, 3.05) is 0 Å². The summed E-state index contributed by atoms with van der Waals surface area (Å²) in [7, 11) is 0. The number of hydrogen-bond acceptors (Lipinski definition) is 2. The van der Waals surface area contributed by atoms with Gasteiger partial charge in [0.1, 0.15) is 4.75 Å². The second-order valence-electron chi connectivity index (χ2n) is 4.22. The van der Waals surface area contributed by atoms with Crippen LogP contribution in [0.4, 0.5) is 0 Å². The van der Waals surface area contributed by atoms with Gasteiger partial charge in [0, 0.05) is 0 Å². The molecule has 2 aromatic rings. The molecule has 92 valence electrons. The molecule has 0 N–H and O–H groups in total. The smallest absolute Gasteiger partial charge is 0.246 e. The van der Waals surface area contributed by atoms with Crippen molar-refractivity contribution in [2.45, 2.75) is 11.7 Å². The Kier molecular flexibility index (Phi) is 3.79. The maximum Gasteiger partial charge on any atom is 0.246 e. The normalized spacial score (nSPS) is 13.9. The third-order valence-corrected chi connectivity index (χ3v) is 4.08. The molecular weight excluding hydrogens is 264 g/mol. The van der Waals surface area contributed by atoms with Crippen LogP contribution in [0.2, 0.25) is 0 Å². The van der Waals surface area contributed by atoms with E-state index in [2.05, 4.69) is 12.6 Å². The zero-order chi connectivity index (χ0) is 13.2. The van der Waals surface area contributed by atoms with E-state index < -0.39 is 9.99 Å². The van der Waals surface area contributed by atoms with E-state index in [9.17, 15) is 4.79 Å². The minimum atomic E-state index is -1.10. The molecule has 2 rings (SSSR count). The number of carbonyl (C=O) groups is 1. The first-order valence-corrected chi connectivity index (χ1v) is 6.42. The number of carbonyl (C=O) groups excluding carboxylic acids is 1. The molecule has 0 aromatic heterocycles. The molecule has 3 heteroatoms. The van der Waals surface area contributed by atoms with E-state index in [4.69, 9.17) is 11.6 Å². The Morgan fingerprint density at radius 3 is 2.00 bits per heavy atom. The van der Waals surface area contributed by atoms with Gasteiger partial charge < -0.3 is 0 Å². The molecule has 0 saturated heterocycles. The summed E-state index contributed by atoms with van der Waals surface area (Å²) in [5.74, 6) is 0. The molecule has 0 aliphatic heterocycles.